The molecule has 0 saturated carbocycles. The Morgan fingerprint density at radius 2 is 1.69 bits per heavy atom. The molecular formula is C19H24F2N4S. The molecule has 7 heteroatoms. The summed E-state index contributed by atoms with van der Waals surface area (Å²) in [4.78, 5) is 0. The zero-order chi connectivity index (χ0) is 19.1. The van der Waals surface area contributed by atoms with Crippen LogP contribution in [0.2, 0.25) is 0 Å². The molecule has 0 spiro atoms. The molecule has 0 bridgehead atoms. The van der Waals surface area contributed by atoms with Crippen LogP contribution < -0.4 is 5.32 Å². The maximum absolute atomic E-state index is 14.6. The molecule has 4 nitrogen and oxygen atoms in total. The Labute approximate surface area is 156 Å². The van der Waals surface area contributed by atoms with Crippen LogP contribution in [-0.2, 0) is 0 Å². The minimum atomic E-state index is -0.717. The van der Waals surface area contributed by atoms with Gasteiger partial charge in [-0.05, 0) is 58.2 Å². The third-order valence-electron chi connectivity index (χ3n) is 4.54. The average molecular weight is 378 g/mol. The van der Waals surface area contributed by atoms with E-state index in [-0.39, 0.29) is 26.9 Å². The minimum absolute atomic E-state index is 0.0581. The fourth-order valence-corrected chi connectivity index (χ4v) is 5.55. The normalized spacial score (nSPS) is 19.5. The summed E-state index contributed by atoms with van der Waals surface area (Å²) in [5.41, 5.74) is 0.593. The summed E-state index contributed by atoms with van der Waals surface area (Å²) in [7, 11) is 0. The molecule has 1 saturated heterocycles. The fourth-order valence-electron chi connectivity index (χ4n) is 3.90. The first-order valence-electron chi connectivity index (χ1n) is 8.59. The Kier molecular flexibility index (Phi) is 4.96. The maximum Gasteiger partial charge on any atom is 0.136 e. The molecular weight excluding hydrogens is 354 g/mol. The van der Waals surface area contributed by atoms with Crippen molar-refractivity contribution in [2.75, 3.05) is 0 Å². The lowest BCUT2D eigenvalue weighted by atomic mass is 9.82. The van der Waals surface area contributed by atoms with Gasteiger partial charge in [-0.25, -0.2) is 8.78 Å². The Morgan fingerprint density at radius 1 is 1.12 bits per heavy atom. The number of benzene rings is 1. The van der Waals surface area contributed by atoms with Gasteiger partial charge in [-0.2, -0.15) is 5.10 Å². The van der Waals surface area contributed by atoms with Crippen LogP contribution in [0.3, 0.4) is 0 Å². The van der Waals surface area contributed by atoms with E-state index in [0.717, 1.165) is 12.8 Å². The maximum atomic E-state index is 14.6. The Morgan fingerprint density at radius 3 is 2.19 bits per heavy atom. The molecule has 0 aliphatic carbocycles. The van der Waals surface area contributed by atoms with E-state index in [1.807, 2.05) is 0 Å². The molecule has 3 N–H and O–H groups in total. The summed E-state index contributed by atoms with van der Waals surface area (Å²) < 4.78 is 29.1. The van der Waals surface area contributed by atoms with Crippen LogP contribution in [0, 0.1) is 17.0 Å². The van der Waals surface area contributed by atoms with E-state index in [1.54, 1.807) is 6.20 Å². The smallest absolute Gasteiger partial charge is 0.136 e. The van der Waals surface area contributed by atoms with Crippen molar-refractivity contribution in [1.82, 2.24) is 15.5 Å². The van der Waals surface area contributed by atoms with Crippen molar-refractivity contribution in [3.8, 4) is 11.1 Å². The SMILES string of the molecule is CC1(C)CC(SC(=N)c2c(F)cc(-c3cn[nH]c3)cc2F)CC(C)(C)N1. The summed E-state index contributed by atoms with van der Waals surface area (Å²) >= 11 is 1.25. The zero-order valence-corrected chi connectivity index (χ0v) is 16.2. The van der Waals surface area contributed by atoms with Crippen molar-refractivity contribution < 1.29 is 8.78 Å². The van der Waals surface area contributed by atoms with Crippen LogP contribution >= 0.6 is 11.8 Å². The van der Waals surface area contributed by atoms with Gasteiger partial charge in [0.25, 0.3) is 0 Å². The van der Waals surface area contributed by atoms with Crippen molar-refractivity contribution >= 4 is 16.8 Å². The first-order chi connectivity index (χ1) is 12.1. The van der Waals surface area contributed by atoms with Gasteiger partial charge < -0.3 is 5.32 Å². The molecule has 0 radical (unpaired) electrons. The summed E-state index contributed by atoms with van der Waals surface area (Å²) in [5.74, 6) is -1.43. The summed E-state index contributed by atoms with van der Waals surface area (Å²) in [6.07, 6.45) is 4.75. The fraction of sp³-hybridized carbons (Fsp3) is 0.474. The van der Waals surface area contributed by atoms with Gasteiger partial charge >= 0.3 is 0 Å². The first-order valence-corrected chi connectivity index (χ1v) is 9.47. The molecule has 26 heavy (non-hydrogen) atoms. The molecule has 0 amide bonds. The van der Waals surface area contributed by atoms with E-state index < -0.39 is 11.6 Å². The Balaban J connectivity index is 1.82. The Bertz CT molecular complexity index is 776. The predicted octanol–water partition coefficient (Wildman–Crippen LogP) is 4.72. The van der Waals surface area contributed by atoms with Crippen molar-refractivity contribution in [2.24, 2.45) is 0 Å². The zero-order valence-electron chi connectivity index (χ0n) is 15.4. The van der Waals surface area contributed by atoms with Crippen molar-refractivity contribution in [2.45, 2.75) is 56.9 Å². The number of rotatable bonds is 3. The number of thioether (sulfide) groups is 1. The van der Waals surface area contributed by atoms with Crippen LogP contribution in [0.25, 0.3) is 11.1 Å². The highest BCUT2D eigenvalue weighted by Gasteiger charge is 2.38. The van der Waals surface area contributed by atoms with E-state index in [1.165, 1.54) is 30.1 Å². The van der Waals surface area contributed by atoms with Crippen molar-refractivity contribution in [3.05, 3.63) is 41.7 Å². The van der Waals surface area contributed by atoms with Crippen molar-refractivity contribution in [3.63, 3.8) is 0 Å². The molecule has 1 aromatic carbocycles. The van der Waals surface area contributed by atoms with Gasteiger partial charge in [-0.3, -0.25) is 10.5 Å². The van der Waals surface area contributed by atoms with Gasteiger partial charge in [-0.15, -0.1) is 11.8 Å². The lowest BCUT2D eigenvalue weighted by Gasteiger charge is -2.46. The number of halogens is 2. The monoisotopic (exact) mass is 378 g/mol. The number of nitrogens with zero attached hydrogens (tertiary/aromatic N) is 1. The van der Waals surface area contributed by atoms with E-state index >= 15 is 0 Å². The quantitative estimate of drug-likeness (QED) is 0.535. The molecule has 0 unspecified atom stereocenters. The topological polar surface area (TPSA) is 64.6 Å². The number of H-pyrrole nitrogens is 1. The molecule has 2 heterocycles. The largest absolute Gasteiger partial charge is 0.307 e. The molecule has 1 aliphatic rings. The van der Waals surface area contributed by atoms with Gasteiger partial charge in [-0.1, -0.05) is 0 Å². The second-order valence-electron chi connectivity index (χ2n) is 8.17. The second-order valence-corrected chi connectivity index (χ2v) is 9.48. The lowest BCUT2D eigenvalue weighted by molar-refractivity contribution is 0.189. The first kappa shape index (κ1) is 19.0. The highest BCUT2D eigenvalue weighted by atomic mass is 32.2. The lowest BCUT2D eigenvalue weighted by Crippen LogP contribution is -2.58. The van der Waals surface area contributed by atoms with Crippen LogP contribution in [0.5, 0.6) is 0 Å². The molecule has 140 valence electrons. The van der Waals surface area contributed by atoms with Crippen LogP contribution in [-0.4, -0.2) is 31.6 Å². The number of nitrogens with one attached hydrogen (secondary N) is 3. The van der Waals surface area contributed by atoms with Crippen LogP contribution in [0.1, 0.15) is 46.1 Å². The van der Waals surface area contributed by atoms with Crippen LogP contribution in [0.15, 0.2) is 24.5 Å². The van der Waals surface area contributed by atoms with Gasteiger partial charge in [0.2, 0.25) is 0 Å². The highest BCUT2D eigenvalue weighted by molar-refractivity contribution is 8.14. The third-order valence-corrected chi connectivity index (χ3v) is 5.64. The van der Waals surface area contributed by atoms with E-state index in [0.29, 0.717) is 11.1 Å². The number of piperidine rings is 1. The molecule has 2 aromatic rings. The minimum Gasteiger partial charge on any atom is -0.307 e. The third kappa shape index (κ3) is 4.15. The summed E-state index contributed by atoms with van der Waals surface area (Å²) in [6, 6.07) is 2.52. The number of aromatic nitrogens is 2. The summed E-state index contributed by atoms with van der Waals surface area (Å²) in [6.45, 7) is 8.47. The van der Waals surface area contributed by atoms with Crippen LogP contribution in [0.4, 0.5) is 8.78 Å². The number of aromatic amines is 1. The van der Waals surface area contributed by atoms with Gasteiger partial charge in [0.15, 0.2) is 0 Å². The van der Waals surface area contributed by atoms with Crippen molar-refractivity contribution in [1.29, 1.82) is 5.41 Å². The van der Waals surface area contributed by atoms with Gasteiger partial charge in [0.1, 0.15) is 16.7 Å². The summed E-state index contributed by atoms with van der Waals surface area (Å²) in [5, 5.41) is 18.4. The number of hydrogen-bond donors (Lipinski definition) is 3. The molecule has 3 rings (SSSR count). The number of hydrogen-bond acceptors (Lipinski definition) is 4. The molecule has 1 fully saturated rings. The van der Waals surface area contributed by atoms with Gasteiger partial charge in [0, 0.05) is 28.1 Å². The highest BCUT2D eigenvalue weighted by Crippen LogP contribution is 2.37. The van der Waals surface area contributed by atoms with E-state index in [9.17, 15) is 8.78 Å². The molecule has 1 aliphatic heterocycles. The predicted molar refractivity (Wildman–Crippen MR) is 103 cm³/mol. The standard InChI is InChI=1S/C19H24F2N4S/c1-18(2)7-13(8-19(3,4)25-18)26-17(22)16-14(20)5-11(6-15(16)21)12-9-23-24-10-12/h5-6,9-10,13,22,25H,7-8H2,1-4H3,(H,23,24). The average Bonchev–Trinajstić information content (AvgIpc) is 2.96. The Hall–Kier alpha value is -1.73. The van der Waals surface area contributed by atoms with E-state index in [4.69, 9.17) is 5.41 Å². The molecule has 0 atom stereocenters. The molecule has 1 aromatic heterocycles. The second kappa shape index (κ2) is 6.78. The van der Waals surface area contributed by atoms with E-state index in [2.05, 4.69) is 43.2 Å². The van der Waals surface area contributed by atoms with Gasteiger partial charge in [0.05, 0.1) is 11.8 Å².